The van der Waals surface area contributed by atoms with Gasteiger partial charge in [-0.15, -0.1) is 0 Å². The van der Waals surface area contributed by atoms with Crippen LogP contribution >= 0.6 is 15.9 Å². The van der Waals surface area contributed by atoms with E-state index in [1.54, 1.807) is 15.9 Å². The van der Waals surface area contributed by atoms with Gasteiger partial charge in [0.15, 0.2) is 0 Å². The second-order valence-corrected chi connectivity index (χ2v) is 3.24. The summed E-state index contributed by atoms with van der Waals surface area (Å²) in [6.45, 7) is 1.40. The van der Waals surface area contributed by atoms with Crippen LogP contribution < -0.4 is 0 Å². The first-order chi connectivity index (χ1) is 6.29. The molecule has 0 N–H and O–H groups in total. The zero-order valence-electron chi connectivity index (χ0n) is 7.18. The number of Topliss-reactive ketones (excluding diaryl/α,β-unsaturated/α-hetero) is 2. The first kappa shape index (κ1) is 13.2. The highest BCUT2D eigenvalue weighted by Crippen LogP contribution is 2.24. The predicted octanol–water partition coefficient (Wildman–Crippen LogP) is 1.07. The van der Waals surface area contributed by atoms with Crippen molar-refractivity contribution in [2.45, 2.75) is 18.2 Å². The molecule has 0 heterocycles. The quantitative estimate of drug-likeness (QED) is 0.325. The van der Waals surface area contributed by atoms with Gasteiger partial charge in [0.25, 0.3) is 0 Å². The molecule has 0 fully saturated rings. The minimum absolute atomic E-state index is 0.0521. The van der Waals surface area contributed by atoms with Gasteiger partial charge in [-0.1, -0.05) is 0 Å². The second kappa shape index (κ2) is 5.14. The van der Waals surface area contributed by atoms with E-state index in [1.807, 2.05) is 0 Å². The summed E-state index contributed by atoms with van der Waals surface area (Å²) in [5, 5.41) is 0. The van der Waals surface area contributed by atoms with Crippen molar-refractivity contribution in [3.63, 3.8) is 0 Å². The molecular weight excluding hydrogens is 266 g/mol. The molecule has 0 spiro atoms. The van der Waals surface area contributed by atoms with E-state index in [-0.39, 0.29) is 6.61 Å². The van der Waals surface area contributed by atoms with Crippen LogP contribution in [0.25, 0.3) is 0 Å². The normalized spacial score (nSPS) is 10.9. The summed E-state index contributed by atoms with van der Waals surface area (Å²) in [4.78, 5) is 28.1. The Morgan fingerprint density at radius 2 is 1.86 bits per heavy atom. The van der Waals surface area contributed by atoms with Gasteiger partial charge in [0.1, 0.15) is 0 Å². The zero-order valence-corrected chi connectivity index (χ0v) is 8.77. The highest BCUT2D eigenvalue weighted by atomic mass is 79.9. The minimum Gasteiger partial charge on any atom is -0.460 e. The van der Waals surface area contributed by atoms with E-state index in [0.29, 0.717) is 0 Å². The van der Waals surface area contributed by atoms with Crippen molar-refractivity contribution in [3.05, 3.63) is 0 Å². The average Bonchev–Trinajstić information content (AvgIpc) is 2.02. The van der Waals surface area contributed by atoms with Gasteiger partial charge in [0.2, 0.25) is 11.6 Å². The van der Waals surface area contributed by atoms with Crippen molar-refractivity contribution < 1.29 is 27.9 Å². The standard InChI is InChI=1S/C7H7BrF2O4/c1-2-14-6(13)4(11)3-5(12)7(8,9)10/h2-3H2,1H3. The number of carbonyl (C=O) groups excluding carboxylic acids is 3. The molecule has 0 rings (SSSR count). The molecule has 0 aliphatic heterocycles. The van der Waals surface area contributed by atoms with Gasteiger partial charge in [-0.25, -0.2) is 4.79 Å². The molecular formula is C7H7BrF2O4. The lowest BCUT2D eigenvalue weighted by Gasteiger charge is -2.05. The number of hydrogen-bond donors (Lipinski definition) is 0. The maximum Gasteiger partial charge on any atom is 0.375 e. The topological polar surface area (TPSA) is 60.4 Å². The lowest BCUT2D eigenvalue weighted by atomic mass is 10.2. The molecule has 0 saturated carbocycles. The fraction of sp³-hybridized carbons (Fsp3) is 0.571. The van der Waals surface area contributed by atoms with Crippen LogP contribution in [0, 0.1) is 0 Å². The van der Waals surface area contributed by atoms with Crippen LogP contribution in [0.2, 0.25) is 0 Å². The lowest BCUT2D eigenvalue weighted by Crippen LogP contribution is -2.28. The van der Waals surface area contributed by atoms with Crippen LogP contribution in [0.4, 0.5) is 8.78 Å². The molecule has 4 nitrogen and oxygen atoms in total. The van der Waals surface area contributed by atoms with Crippen LogP contribution in [-0.4, -0.2) is 29.0 Å². The third kappa shape index (κ3) is 4.40. The van der Waals surface area contributed by atoms with Gasteiger partial charge < -0.3 is 4.74 Å². The molecule has 0 radical (unpaired) electrons. The summed E-state index contributed by atoms with van der Waals surface area (Å²) >= 11 is 1.77. The highest BCUT2D eigenvalue weighted by Gasteiger charge is 2.37. The molecule has 7 heteroatoms. The molecule has 0 aliphatic rings. The Bertz CT molecular complexity index is 259. The fourth-order valence-corrected chi connectivity index (χ4v) is 0.670. The number of carbonyl (C=O) groups is 3. The molecule has 0 atom stereocenters. The molecule has 0 unspecified atom stereocenters. The molecule has 0 bridgehead atoms. The second-order valence-electron chi connectivity index (χ2n) is 2.24. The molecule has 0 aromatic carbocycles. The number of ether oxygens (including phenoxy) is 1. The van der Waals surface area contributed by atoms with Gasteiger partial charge in [0.05, 0.1) is 13.0 Å². The Morgan fingerprint density at radius 3 is 2.21 bits per heavy atom. The average molecular weight is 273 g/mol. The maximum absolute atomic E-state index is 12.2. The van der Waals surface area contributed by atoms with Gasteiger partial charge in [0, 0.05) is 0 Å². The van der Waals surface area contributed by atoms with Crippen molar-refractivity contribution in [2.75, 3.05) is 6.61 Å². The van der Waals surface area contributed by atoms with Crippen LogP contribution in [0.1, 0.15) is 13.3 Å². The number of ketones is 2. The largest absolute Gasteiger partial charge is 0.460 e. The van der Waals surface area contributed by atoms with Crippen molar-refractivity contribution in [2.24, 2.45) is 0 Å². The van der Waals surface area contributed by atoms with Gasteiger partial charge >= 0.3 is 10.8 Å². The van der Waals surface area contributed by atoms with E-state index in [4.69, 9.17) is 0 Å². The smallest absolute Gasteiger partial charge is 0.375 e. The summed E-state index contributed by atoms with van der Waals surface area (Å²) in [6, 6.07) is 0. The van der Waals surface area contributed by atoms with Gasteiger partial charge in [-0.3, -0.25) is 9.59 Å². The Labute approximate surface area is 86.7 Å². The third-order valence-corrected chi connectivity index (χ3v) is 1.58. The van der Waals surface area contributed by atoms with Crippen molar-refractivity contribution in [1.29, 1.82) is 0 Å². The molecule has 0 saturated heterocycles. The van der Waals surface area contributed by atoms with E-state index in [2.05, 4.69) is 4.74 Å². The number of alkyl halides is 3. The Balaban J connectivity index is 4.21. The monoisotopic (exact) mass is 272 g/mol. The molecule has 14 heavy (non-hydrogen) atoms. The number of rotatable bonds is 5. The van der Waals surface area contributed by atoms with Crippen molar-refractivity contribution in [1.82, 2.24) is 0 Å². The minimum atomic E-state index is -3.78. The summed E-state index contributed by atoms with van der Waals surface area (Å²) in [5.41, 5.74) is 0. The van der Waals surface area contributed by atoms with E-state index in [1.165, 1.54) is 6.92 Å². The first-order valence-electron chi connectivity index (χ1n) is 3.59. The molecule has 0 amide bonds. The Morgan fingerprint density at radius 1 is 1.36 bits per heavy atom. The number of halogens is 3. The number of hydrogen-bond acceptors (Lipinski definition) is 4. The van der Waals surface area contributed by atoms with Crippen LogP contribution in [-0.2, 0) is 19.1 Å². The van der Waals surface area contributed by atoms with E-state index in [0.717, 1.165) is 0 Å². The fourth-order valence-electron chi connectivity index (χ4n) is 0.530. The number of esters is 1. The highest BCUT2D eigenvalue weighted by molar-refractivity contribution is 9.10. The molecule has 0 aromatic heterocycles. The third-order valence-electron chi connectivity index (χ3n) is 1.14. The predicted molar refractivity (Wildman–Crippen MR) is 45.1 cm³/mol. The summed E-state index contributed by atoms with van der Waals surface area (Å²) in [5.74, 6) is -4.23. The van der Waals surface area contributed by atoms with Crippen molar-refractivity contribution >= 4 is 33.5 Å². The lowest BCUT2D eigenvalue weighted by molar-refractivity contribution is -0.155. The van der Waals surface area contributed by atoms with Crippen LogP contribution in [0.3, 0.4) is 0 Å². The zero-order chi connectivity index (χ0) is 11.4. The summed E-state index contributed by atoms with van der Waals surface area (Å²) < 4.78 is 28.6. The molecule has 0 aliphatic carbocycles. The SMILES string of the molecule is CCOC(=O)C(=O)CC(=O)C(F)(F)Br. The van der Waals surface area contributed by atoms with Gasteiger partial charge in [-0.2, -0.15) is 8.78 Å². The molecule has 80 valence electrons. The maximum atomic E-state index is 12.2. The molecule has 0 aromatic rings. The summed E-state index contributed by atoms with van der Waals surface area (Å²) in [6.07, 6.45) is -1.17. The summed E-state index contributed by atoms with van der Waals surface area (Å²) in [7, 11) is 0. The van der Waals surface area contributed by atoms with E-state index < -0.39 is 28.8 Å². The van der Waals surface area contributed by atoms with Crippen LogP contribution in [0.15, 0.2) is 0 Å². The van der Waals surface area contributed by atoms with Gasteiger partial charge in [-0.05, 0) is 22.9 Å². The Kier molecular flexibility index (Phi) is 4.82. The van der Waals surface area contributed by atoms with E-state index in [9.17, 15) is 23.2 Å². The van der Waals surface area contributed by atoms with E-state index >= 15 is 0 Å². The van der Waals surface area contributed by atoms with Crippen molar-refractivity contribution in [3.8, 4) is 0 Å². The first-order valence-corrected chi connectivity index (χ1v) is 4.38. The Hall–Kier alpha value is -0.850. The van der Waals surface area contributed by atoms with Crippen LogP contribution in [0.5, 0.6) is 0 Å².